The van der Waals surface area contributed by atoms with Crippen molar-refractivity contribution in [1.29, 1.82) is 0 Å². The number of benzene rings is 2. The highest BCUT2D eigenvalue weighted by molar-refractivity contribution is 6.31. The fraction of sp³-hybridized carbons (Fsp3) is 0.333. The Balaban J connectivity index is 1.34. The number of hydrogen-bond donors (Lipinski definition) is 1. The summed E-state index contributed by atoms with van der Waals surface area (Å²) in [5.74, 6) is -0.556. The van der Waals surface area contributed by atoms with Gasteiger partial charge >= 0.3 is 0 Å². The molecular weight excluding hydrogens is 445 g/mol. The van der Waals surface area contributed by atoms with E-state index in [1.165, 1.54) is 12.1 Å². The van der Waals surface area contributed by atoms with E-state index in [0.29, 0.717) is 36.0 Å². The van der Waals surface area contributed by atoms with Crippen molar-refractivity contribution in [1.82, 2.24) is 19.2 Å². The SMILES string of the molecule is Cc1c(NC(=O)CN2CCN(Cc3ccc(F)cc3Cl)CC2)c(=O)n(-c2ccccc2)n1C. The minimum absolute atomic E-state index is 0.212. The lowest BCUT2D eigenvalue weighted by Crippen LogP contribution is -2.48. The average molecular weight is 472 g/mol. The first kappa shape index (κ1) is 23.2. The van der Waals surface area contributed by atoms with Crippen LogP contribution in [-0.4, -0.2) is 57.8 Å². The summed E-state index contributed by atoms with van der Waals surface area (Å²) in [6.45, 7) is 5.64. The molecular formula is C24H27ClFN5O2. The molecule has 7 nitrogen and oxygen atoms in total. The van der Waals surface area contributed by atoms with Crippen molar-refractivity contribution in [2.24, 2.45) is 7.05 Å². The molecule has 33 heavy (non-hydrogen) atoms. The van der Waals surface area contributed by atoms with Crippen LogP contribution in [0.1, 0.15) is 11.3 Å². The fourth-order valence-electron chi connectivity index (χ4n) is 4.09. The molecule has 0 saturated carbocycles. The topological polar surface area (TPSA) is 62.5 Å². The molecule has 1 aliphatic rings. The van der Waals surface area contributed by atoms with Crippen LogP contribution in [-0.2, 0) is 18.4 Å². The lowest BCUT2D eigenvalue weighted by molar-refractivity contribution is -0.117. The summed E-state index contributed by atoms with van der Waals surface area (Å²) in [5, 5.41) is 3.25. The number of nitrogens with zero attached hydrogens (tertiary/aromatic N) is 4. The van der Waals surface area contributed by atoms with Crippen LogP contribution in [0, 0.1) is 12.7 Å². The number of halogens is 2. The van der Waals surface area contributed by atoms with Crippen molar-refractivity contribution >= 4 is 23.2 Å². The smallest absolute Gasteiger partial charge is 0.295 e. The van der Waals surface area contributed by atoms with E-state index in [0.717, 1.165) is 24.3 Å². The molecule has 1 amide bonds. The molecule has 1 fully saturated rings. The standard InChI is InChI=1S/C24H27ClFN5O2/c1-17-23(24(33)31(28(17)2)20-6-4-3-5-7-20)27-22(32)16-30-12-10-29(11-13-30)15-18-8-9-19(26)14-21(18)25/h3-9,14H,10-13,15-16H2,1-2H3,(H,27,32). The van der Waals surface area contributed by atoms with Crippen LogP contribution in [0.2, 0.25) is 5.02 Å². The average Bonchev–Trinajstić information content (AvgIpc) is 3.00. The highest BCUT2D eigenvalue weighted by atomic mass is 35.5. The van der Waals surface area contributed by atoms with Crippen LogP contribution in [0.5, 0.6) is 0 Å². The highest BCUT2D eigenvalue weighted by Crippen LogP contribution is 2.20. The van der Waals surface area contributed by atoms with Crippen molar-refractivity contribution in [2.75, 3.05) is 38.0 Å². The number of piperazine rings is 1. The Hall–Kier alpha value is -2.94. The molecule has 1 saturated heterocycles. The van der Waals surface area contributed by atoms with E-state index < -0.39 is 0 Å². The minimum Gasteiger partial charge on any atom is -0.319 e. The molecule has 4 rings (SSSR count). The molecule has 1 aliphatic heterocycles. The number of anilines is 1. The third kappa shape index (κ3) is 5.19. The zero-order valence-electron chi connectivity index (χ0n) is 18.7. The molecule has 0 atom stereocenters. The Kier molecular flexibility index (Phi) is 6.97. The van der Waals surface area contributed by atoms with Gasteiger partial charge in [-0.25, -0.2) is 9.07 Å². The molecule has 0 spiro atoms. The van der Waals surface area contributed by atoms with Gasteiger partial charge in [0.2, 0.25) is 5.91 Å². The van der Waals surface area contributed by atoms with Crippen LogP contribution >= 0.6 is 11.6 Å². The van der Waals surface area contributed by atoms with Gasteiger partial charge < -0.3 is 5.32 Å². The molecule has 2 heterocycles. The summed E-state index contributed by atoms with van der Waals surface area (Å²) in [6, 6.07) is 13.8. The zero-order valence-corrected chi connectivity index (χ0v) is 19.5. The monoisotopic (exact) mass is 471 g/mol. The minimum atomic E-state index is -0.344. The van der Waals surface area contributed by atoms with Gasteiger partial charge in [0.1, 0.15) is 11.5 Å². The first-order valence-corrected chi connectivity index (χ1v) is 11.2. The van der Waals surface area contributed by atoms with Crippen LogP contribution in [0.15, 0.2) is 53.3 Å². The molecule has 174 valence electrons. The van der Waals surface area contributed by atoms with Crippen molar-refractivity contribution in [3.05, 3.63) is 81.0 Å². The third-order valence-corrected chi connectivity index (χ3v) is 6.41. The second kappa shape index (κ2) is 9.91. The number of rotatable bonds is 6. The molecule has 1 N–H and O–H groups in total. The second-order valence-corrected chi connectivity index (χ2v) is 8.68. The third-order valence-electron chi connectivity index (χ3n) is 6.06. The van der Waals surface area contributed by atoms with E-state index in [1.54, 1.807) is 22.5 Å². The van der Waals surface area contributed by atoms with Crippen LogP contribution < -0.4 is 10.9 Å². The van der Waals surface area contributed by atoms with Gasteiger partial charge in [-0.05, 0) is 36.8 Å². The van der Waals surface area contributed by atoms with Gasteiger partial charge in [0, 0.05) is 44.8 Å². The molecule has 0 aliphatic carbocycles. The Morgan fingerprint density at radius 2 is 1.73 bits per heavy atom. The summed E-state index contributed by atoms with van der Waals surface area (Å²) in [6.07, 6.45) is 0. The van der Waals surface area contributed by atoms with Crippen LogP contribution in [0.3, 0.4) is 0 Å². The Bertz CT molecular complexity index is 1200. The normalized spacial score (nSPS) is 15.0. The predicted molar refractivity (Wildman–Crippen MR) is 128 cm³/mol. The van der Waals surface area contributed by atoms with E-state index in [-0.39, 0.29) is 23.8 Å². The van der Waals surface area contributed by atoms with Gasteiger partial charge in [0.25, 0.3) is 5.56 Å². The van der Waals surface area contributed by atoms with Gasteiger partial charge in [0.05, 0.1) is 17.9 Å². The summed E-state index contributed by atoms with van der Waals surface area (Å²) in [4.78, 5) is 30.0. The molecule has 0 unspecified atom stereocenters. The van der Waals surface area contributed by atoms with Crippen molar-refractivity contribution in [3.8, 4) is 5.69 Å². The molecule has 2 aromatic carbocycles. The van der Waals surface area contributed by atoms with Gasteiger partial charge in [-0.1, -0.05) is 35.9 Å². The number of carbonyl (C=O) groups is 1. The maximum absolute atomic E-state index is 13.2. The number of carbonyl (C=O) groups excluding carboxylic acids is 1. The summed E-state index contributed by atoms with van der Waals surface area (Å²) >= 11 is 6.14. The Morgan fingerprint density at radius 1 is 1.06 bits per heavy atom. The maximum atomic E-state index is 13.2. The van der Waals surface area contributed by atoms with Crippen LogP contribution in [0.4, 0.5) is 10.1 Å². The highest BCUT2D eigenvalue weighted by Gasteiger charge is 2.22. The number of para-hydroxylation sites is 1. The van der Waals surface area contributed by atoms with E-state index in [2.05, 4.69) is 15.1 Å². The van der Waals surface area contributed by atoms with Gasteiger partial charge in [-0.15, -0.1) is 0 Å². The molecule has 0 radical (unpaired) electrons. The Morgan fingerprint density at radius 3 is 2.39 bits per heavy atom. The van der Waals surface area contributed by atoms with Gasteiger partial charge in [-0.3, -0.25) is 24.1 Å². The van der Waals surface area contributed by atoms with E-state index in [9.17, 15) is 14.0 Å². The first-order valence-electron chi connectivity index (χ1n) is 10.9. The van der Waals surface area contributed by atoms with Crippen molar-refractivity contribution < 1.29 is 9.18 Å². The largest absolute Gasteiger partial charge is 0.319 e. The Labute approximate surface area is 197 Å². The molecule has 9 heteroatoms. The van der Waals surface area contributed by atoms with Crippen molar-refractivity contribution in [3.63, 3.8) is 0 Å². The molecule has 1 aromatic heterocycles. The lowest BCUT2D eigenvalue weighted by Gasteiger charge is -2.34. The summed E-state index contributed by atoms with van der Waals surface area (Å²) < 4.78 is 16.5. The number of hydrogen-bond acceptors (Lipinski definition) is 4. The molecule has 3 aromatic rings. The fourth-order valence-corrected chi connectivity index (χ4v) is 4.32. The molecule has 0 bridgehead atoms. The van der Waals surface area contributed by atoms with E-state index in [4.69, 9.17) is 11.6 Å². The predicted octanol–water partition coefficient (Wildman–Crippen LogP) is 3.03. The van der Waals surface area contributed by atoms with Gasteiger partial charge in [0.15, 0.2) is 0 Å². The zero-order chi connectivity index (χ0) is 23.5. The van der Waals surface area contributed by atoms with E-state index >= 15 is 0 Å². The summed E-state index contributed by atoms with van der Waals surface area (Å²) in [5.41, 5.74) is 2.37. The summed E-state index contributed by atoms with van der Waals surface area (Å²) in [7, 11) is 1.80. The second-order valence-electron chi connectivity index (χ2n) is 8.27. The van der Waals surface area contributed by atoms with Gasteiger partial charge in [-0.2, -0.15) is 0 Å². The first-order chi connectivity index (χ1) is 15.8. The maximum Gasteiger partial charge on any atom is 0.295 e. The number of amides is 1. The van der Waals surface area contributed by atoms with E-state index in [1.807, 2.05) is 37.3 Å². The number of nitrogens with one attached hydrogen (secondary N) is 1. The quantitative estimate of drug-likeness (QED) is 0.600. The van der Waals surface area contributed by atoms with Crippen molar-refractivity contribution in [2.45, 2.75) is 13.5 Å². The van der Waals surface area contributed by atoms with Crippen LogP contribution in [0.25, 0.3) is 5.69 Å². The lowest BCUT2D eigenvalue weighted by atomic mass is 10.2. The number of aromatic nitrogens is 2.